The summed E-state index contributed by atoms with van der Waals surface area (Å²) >= 11 is 6.10. The van der Waals surface area contributed by atoms with E-state index in [4.69, 9.17) is 11.6 Å². The molecule has 2 unspecified atom stereocenters. The predicted octanol–water partition coefficient (Wildman–Crippen LogP) is 2.65. The molecule has 0 amide bonds. The molecule has 1 N–H and O–H groups in total. The summed E-state index contributed by atoms with van der Waals surface area (Å²) in [6.07, 6.45) is 3.42. The third-order valence-electron chi connectivity index (χ3n) is 3.11. The average molecular weight is 292 g/mol. The molecule has 0 spiro atoms. The van der Waals surface area contributed by atoms with Gasteiger partial charge in [0.2, 0.25) is 10.0 Å². The highest BCUT2D eigenvalue weighted by molar-refractivity contribution is 7.89. The first-order valence-corrected chi connectivity index (χ1v) is 7.83. The molecule has 18 heavy (non-hydrogen) atoms. The predicted molar refractivity (Wildman–Crippen MR) is 68.6 cm³/mol. The van der Waals surface area contributed by atoms with Crippen LogP contribution in [0.2, 0.25) is 0 Å². The van der Waals surface area contributed by atoms with E-state index in [0.29, 0.717) is 6.42 Å². The maximum atomic E-state index is 13.5. The molecule has 1 fully saturated rings. The number of sulfonamides is 1. The van der Waals surface area contributed by atoms with Crippen molar-refractivity contribution in [3.05, 3.63) is 30.1 Å². The van der Waals surface area contributed by atoms with Crippen molar-refractivity contribution in [1.82, 2.24) is 4.72 Å². The summed E-state index contributed by atoms with van der Waals surface area (Å²) in [5.74, 6) is -0.744. The van der Waals surface area contributed by atoms with Gasteiger partial charge in [-0.3, -0.25) is 0 Å². The molecule has 1 aliphatic rings. The van der Waals surface area contributed by atoms with E-state index in [1.54, 1.807) is 0 Å². The van der Waals surface area contributed by atoms with Gasteiger partial charge in [0, 0.05) is 11.4 Å². The van der Waals surface area contributed by atoms with Crippen LogP contribution in [-0.2, 0) is 10.0 Å². The van der Waals surface area contributed by atoms with Gasteiger partial charge in [-0.25, -0.2) is 17.5 Å². The molecule has 3 nitrogen and oxygen atoms in total. The van der Waals surface area contributed by atoms with E-state index in [1.807, 2.05) is 0 Å². The van der Waals surface area contributed by atoms with Crippen LogP contribution in [0.5, 0.6) is 0 Å². The summed E-state index contributed by atoms with van der Waals surface area (Å²) in [6.45, 7) is 0. The van der Waals surface area contributed by atoms with Crippen LogP contribution in [0.15, 0.2) is 29.2 Å². The van der Waals surface area contributed by atoms with E-state index in [1.165, 1.54) is 18.2 Å². The normalized spacial score (nSPS) is 25.0. The van der Waals surface area contributed by atoms with Crippen molar-refractivity contribution in [3.63, 3.8) is 0 Å². The Morgan fingerprint density at radius 2 is 1.89 bits per heavy atom. The van der Waals surface area contributed by atoms with E-state index in [9.17, 15) is 12.8 Å². The molecule has 1 aliphatic carbocycles. The molecule has 100 valence electrons. The topological polar surface area (TPSA) is 46.2 Å². The summed E-state index contributed by atoms with van der Waals surface area (Å²) in [5, 5.41) is -0.222. The van der Waals surface area contributed by atoms with Crippen molar-refractivity contribution in [2.45, 2.75) is 42.0 Å². The van der Waals surface area contributed by atoms with Gasteiger partial charge in [-0.1, -0.05) is 25.0 Å². The number of benzene rings is 1. The molecule has 6 heteroatoms. The largest absolute Gasteiger partial charge is 0.243 e. The van der Waals surface area contributed by atoms with E-state index in [0.717, 1.165) is 25.3 Å². The smallest absolute Gasteiger partial charge is 0.207 e. The lowest BCUT2D eigenvalue weighted by atomic mass is 9.96. The second-order valence-electron chi connectivity index (χ2n) is 4.46. The fourth-order valence-corrected chi connectivity index (χ4v) is 3.95. The molecule has 0 bridgehead atoms. The summed E-state index contributed by atoms with van der Waals surface area (Å²) < 4.78 is 40.1. The van der Waals surface area contributed by atoms with Crippen molar-refractivity contribution in [3.8, 4) is 0 Å². The number of nitrogens with one attached hydrogen (secondary N) is 1. The first-order valence-electron chi connectivity index (χ1n) is 5.91. The van der Waals surface area contributed by atoms with Gasteiger partial charge in [-0.05, 0) is 25.0 Å². The molecule has 0 radical (unpaired) electrons. The highest BCUT2D eigenvalue weighted by atomic mass is 35.5. The lowest BCUT2D eigenvalue weighted by molar-refractivity contribution is 0.417. The Labute approximate surface area is 111 Å². The van der Waals surface area contributed by atoms with Crippen LogP contribution in [-0.4, -0.2) is 19.8 Å². The van der Waals surface area contributed by atoms with Gasteiger partial charge in [0.15, 0.2) is 0 Å². The van der Waals surface area contributed by atoms with Gasteiger partial charge < -0.3 is 0 Å². The van der Waals surface area contributed by atoms with Gasteiger partial charge >= 0.3 is 0 Å². The Balaban J connectivity index is 2.19. The Hall–Kier alpha value is -0.650. The van der Waals surface area contributed by atoms with Crippen LogP contribution in [0.1, 0.15) is 25.7 Å². The van der Waals surface area contributed by atoms with Crippen molar-refractivity contribution < 1.29 is 12.8 Å². The fraction of sp³-hybridized carbons (Fsp3) is 0.500. The van der Waals surface area contributed by atoms with Crippen LogP contribution in [0.4, 0.5) is 4.39 Å². The van der Waals surface area contributed by atoms with Crippen molar-refractivity contribution in [2.24, 2.45) is 0 Å². The van der Waals surface area contributed by atoms with Crippen LogP contribution in [0.3, 0.4) is 0 Å². The molecule has 2 rings (SSSR count). The van der Waals surface area contributed by atoms with E-state index in [2.05, 4.69) is 4.72 Å². The van der Waals surface area contributed by atoms with Gasteiger partial charge in [0.1, 0.15) is 10.7 Å². The number of rotatable bonds is 3. The minimum atomic E-state index is -3.83. The first-order chi connectivity index (χ1) is 8.50. The maximum absolute atomic E-state index is 13.5. The Morgan fingerprint density at radius 3 is 2.56 bits per heavy atom. The third-order valence-corrected chi connectivity index (χ3v) is 5.16. The standard InChI is InChI=1S/C12H15ClFNO2S/c13-9-5-1-3-7-11(9)15-18(16,17)12-8-4-2-6-10(12)14/h2,4,6,8-9,11,15H,1,3,5,7H2. The monoisotopic (exact) mass is 291 g/mol. The van der Waals surface area contributed by atoms with E-state index >= 15 is 0 Å². The summed E-state index contributed by atoms with van der Waals surface area (Å²) in [6, 6.07) is 5.03. The summed E-state index contributed by atoms with van der Waals surface area (Å²) in [5.41, 5.74) is 0. The third kappa shape index (κ3) is 3.02. The van der Waals surface area contributed by atoms with Crippen LogP contribution < -0.4 is 4.72 Å². The quantitative estimate of drug-likeness (QED) is 0.870. The Morgan fingerprint density at radius 1 is 1.22 bits per heavy atom. The van der Waals surface area contributed by atoms with E-state index in [-0.39, 0.29) is 16.3 Å². The number of halogens is 2. The molecule has 2 atom stereocenters. The summed E-state index contributed by atoms with van der Waals surface area (Å²) in [4.78, 5) is -0.320. The fourth-order valence-electron chi connectivity index (χ4n) is 2.14. The zero-order valence-corrected chi connectivity index (χ0v) is 11.3. The molecular formula is C12H15ClFNO2S. The second-order valence-corrected chi connectivity index (χ2v) is 6.70. The first kappa shape index (κ1) is 13.8. The minimum Gasteiger partial charge on any atom is -0.207 e. The average Bonchev–Trinajstić information content (AvgIpc) is 2.32. The zero-order valence-electron chi connectivity index (χ0n) is 9.77. The molecule has 1 saturated carbocycles. The van der Waals surface area contributed by atoms with E-state index < -0.39 is 15.8 Å². The van der Waals surface area contributed by atoms with Gasteiger partial charge in [0.05, 0.1) is 0 Å². The van der Waals surface area contributed by atoms with Crippen LogP contribution in [0.25, 0.3) is 0 Å². The number of hydrogen-bond donors (Lipinski definition) is 1. The number of alkyl halides is 1. The molecule has 1 aromatic rings. The second kappa shape index (κ2) is 5.55. The van der Waals surface area contributed by atoms with Crippen LogP contribution >= 0.6 is 11.6 Å². The lowest BCUT2D eigenvalue weighted by Gasteiger charge is -2.27. The van der Waals surface area contributed by atoms with Crippen LogP contribution in [0, 0.1) is 5.82 Å². The molecule has 0 aromatic heterocycles. The Kier molecular flexibility index (Phi) is 4.25. The Bertz CT molecular complexity index is 521. The van der Waals surface area contributed by atoms with Gasteiger partial charge in [-0.15, -0.1) is 11.6 Å². The van der Waals surface area contributed by atoms with Gasteiger partial charge in [0.25, 0.3) is 0 Å². The van der Waals surface area contributed by atoms with Crippen molar-refractivity contribution in [2.75, 3.05) is 0 Å². The van der Waals surface area contributed by atoms with Crippen molar-refractivity contribution >= 4 is 21.6 Å². The minimum absolute atomic E-state index is 0.222. The molecule has 0 aliphatic heterocycles. The van der Waals surface area contributed by atoms with Gasteiger partial charge in [-0.2, -0.15) is 0 Å². The summed E-state index contributed by atoms with van der Waals surface area (Å²) in [7, 11) is -3.83. The zero-order chi connectivity index (χ0) is 13.2. The maximum Gasteiger partial charge on any atom is 0.243 e. The molecule has 0 saturated heterocycles. The molecule has 1 aromatic carbocycles. The van der Waals surface area contributed by atoms with Crippen molar-refractivity contribution in [1.29, 1.82) is 0 Å². The highest BCUT2D eigenvalue weighted by Crippen LogP contribution is 2.25. The molecule has 0 heterocycles. The lowest BCUT2D eigenvalue weighted by Crippen LogP contribution is -2.42. The highest BCUT2D eigenvalue weighted by Gasteiger charge is 2.29. The molecular weight excluding hydrogens is 277 g/mol. The number of hydrogen-bond acceptors (Lipinski definition) is 2. The SMILES string of the molecule is O=S(=O)(NC1CCCCC1Cl)c1ccccc1F.